The molecule has 0 aromatic heterocycles. The SMILES string of the molecule is O=C(CN1CCN(C(=O)OCC2c3ccccc3-c3ccccc32)CC1=O)ON1C(=O)c2ccccc2C1=O. The van der Waals surface area contributed by atoms with Gasteiger partial charge in [0.15, 0.2) is 0 Å². The molecular formula is C29H23N3O7. The van der Waals surface area contributed by atoms with Crippen LogP contribution in [-0.2, 0) is 19.2 Å². The molecule has 0 bridgehead atoms. The molecule has 0 saturated carbocycles. The molecule has 2 heterocycles. The summed E-state index contributed by atoms with van der Waals surface area (Å²) in [6, 6.07) is 22.1. The molecule has 3 aromatic rings. The maximum atomic E-state index is 12.8. The van der Waals surface area contributed by atoms with Crippen molar-refractivity contribution in [3.05, 3.63) is 95.1 Å². The Kier molecular flexibility index (Phi) is 6.07. The summed E-state index contributed by atoms with van der Waals surface area (Å²) >= 11 is 0. The van der Waals surface area contributed by atoms with Crippen molar-refractivity contribution in [1.82, 2.24) is 14.9 Å². The molecule has 10 nitrogen and oxygen atoms in total. The monoisotopic (exact) mass is 525 g/mol. The number of hydrogen-bond donors (Lipinski definition) is 0. The van der Waals surface area contributed by atoms with Crippen molar-refractivity contribution in [1.29, 1.82) is 0 Å². The Morgan fingerprint density at radius 1 is 0.744 bits per heavy atom. The Morgan fingerprint density at radius 2 is 1.28 bits per heavy atom. The van der Waals surface area contributed by atoms with Gasteiger partial charge in [0, 0.05) is 19.0 Å². The number of benzene rings is 3. The summed E-state index contributed by atoms with van der Waals surface area (Å²) in [5.74, 6) is -3.00. The summed E-state index contributed by atoms with van der Waals surface area (Å²) in [6.07, 6.45) is -0.613. The fourth-order valence-corrected chi connectivity index (χ4v) is 5.25. The highest BCUT2D eigenvalue weighted by molar-refractivity contribution is 6.20. The molecule has 1 aliphatic carbocycles. The van der Waals surface area contributed by atoms with Crippen LogP contribution in [0.5, 0.6) is 0 Å². The highest BCUT2D eigenvalue weighted by Crippen LogP contribution is 2.44. The maximum absolute atomic E-state index is 12.8. The standard InChI is InChI=1S/C29H23N3O7/c33-25-15-31(29(37)38-17-24-20-9-3-1-7-18(20)19-8-2-4-10-21(19)24)14-13-30(25)16-26(34)39-32-27(35)22-11-5-6-12-23(22)28(32)36/h1-12,24H,13-17H2. The number of amides is 4. The van der Waals surface area contributed by atoms with Gasteiger partial charge in [0.2, 0.25) is 5.91 Å². The van der Waals surface area contributed by atoms with E-state index in [9.17, 15) is 24.0 Å². The predicted molar refractivity (Wildman–Crippen MR) is 136 cm³/mol. The van der Waals surface area contributed by atoms with Gasteiger partial charge in [-0.15, -0.1) is 0 Å². The molecule has 6 rings (SSSR count). The van der Waals surface area contributed by atoms with Crippen LogP contribution in [0.15, 0.2) is 72.8 Å². The third kappa shape index (κ3) is 4.29. The van der Waals surface area contributed by atoms with Crippen LogP contribution in [-0.4, -0.2) is 77.4 Å². The van der Waals surface area contributed by atoms with Gasteiger partial charge >= 0.3 is 12.1 Å². The lowest BCUT2D eigenvalue weighted by atomic mass is 9.98. The number of rotatable bonds is 5. The van der Waals surface area contributed by atoms with E-state index in [2.05, 4.69) is 0 Å². The number of hydrogen-bond acceptors (Lipinski definition) is 7. The lowest BCUT2D eigenvalue weighted by Gasteiger charge is -2.33. The smallest absolute Gasteiger partial charge is 0.410 e. The van der Waals surface area contributed by atoms with Crippen molar-refractivity contribution < 1.29 is 33.5 Å². The Morgan fingerprint density at radius 3 is 1.85 bits per heavy atom. The zero-order chi connectivity index (χ0) is 27.1. The van der Waals surface area contributed by atoms with Crippen molar-refractivity contribution >= 4 is 29.8 Å². The number of piperazine rings is 1. The van der Waals surface area contributed by atoms with E-state index in [-0.39, 0.29) is 43.3 Å². The lowest BCUT2D eigenvalue weighted by molar-refractivity contribution is -0.171. The highest BCUT2D eigenvalue weighted by Gasteiger charge is 2.39. The van der Waals surface area contributed by atoms with Crippen LogP contribution >= 0.6 is 0 Å². The van der Waals surface area contributed by atoms with Gasteiger partial charge in [0.05, 0.1) is 11.1 Å². The molecule has 4 amide bonds. The minimum atomic E-state index is -0.938. The quantitative estimate of drug-likeness (QED) is 0.471. The van der Waals surface area contributed by atoms with E-state index in [0.717, 1.165) is 22.3 Å². The van der Waals surface area contributed by atoms with E-state index in [4.69, 9.17) is 9.57 Å². The molecular weight excluding hydrogens is 502 g/mol. The molecule has 3 aliphatic rings. The van der Waals surface area contributed by atoms with Gasteiger partial charge in [0.25, 0.3) is 11.8 Å². The van der Waals surface area contributed by atoms with Gasteiger partial charge in [-0.2, -0.15) is 0 Å². The Labute approximate surface area is 223 Å². The Balaban J connectivity index is 1.03. The van der Waals surface area contributed by atoms with E-state index in [1.807, 2.05) is 48.5 Å². The number of fused-ring (bicyclic) bond motifs is 4. The number of imide groups is 1. The van der Waals surface area contributed by atoms with Gasteiger partial charge in [-0.3, -0.25) is 19.3 Å². The third-order valence-electron chi connectivity index (χ3n) is 7.18. The minimum absolute atomic E-state index is 0.0697. The van der Waals surface area contributed by atoms with Crippen LogP contribution in [0, 0.1) is 0 Å². The Hall–Kier alpha value is -4.99. The molecule has 0 unspecified atom stereocenters. The first-order valence-electron chi connectivity index (χ1n) is 12.5. The maximum Gasteiger partial charge on any atom is 0.410 e. The zero-order valence-electron chi connectivity index (χ0n) is 20.7. The van der Waals surface area contributed by atoms with Crippen molar-refractivity contribution in [2.24, 2.45) is 0 Å². The summed E-state index contributed by atoms with van der Waals surface area (Å²) in [6.45, 7) is -0.376. The molecule has 1 fully saturated rings. The van der Waals surface area contributed by atoms with E-state index >= 15 is 0 Å². The third-order valence-corrected chi connectivity index (χ3v) is 7.18. The summed E-state index contributed by atoms with van der Waals surface area (Å²) in [5.41, 5.74) is 4.69. The second kappa shape index (κ2) is 9.71. The van der Waals surface area contributed by atoms with Crippen molar-refractivity contribution in [3.63, 3.8) is 0 Å². The summed E-state index contributed by atoms with van der Waals surface area (Å²) < 4.78 is 5.63. The molecule has 2 aliphatic heterocycles. The highest BCUT2D eigenvalue weighted by atomic mass is 16.7. The molecule has 0 N–H and O–H groups in total. The van der Waals surface area contributed by atoms with Crippen LogP contribution in [0.3, 0.4) is 0 Å². The number of nitrogens with zero attached hydrogens (tertiary/aromatic N) is 3. The van der Waals surface area contributed by atoms with E-state index in [1.54, 1.807) is 12.1 Å². The number of carbonyl (C=O) groups excluding carboxylic acids is 5. The number of ether oxygens (including phenoxy) is 1. The van der Waals surface area contributed by atoms with Crippen molar-refractivity contribution in [3.8, 4) is 11.1 Å². The number of carbonyl (C=O) groups is 5. The minimum Gasteiger partial charge on any atom is -0.448 e. The molecule has 196 valence electrons. The van der Waals surface area contributed by atoms with Crippen LogP contribution in [0.1, 0.15) is 37.8 Å². The van der Waals surface area contributed by atoms with Gasteiger partial charge in [-0.1, -0.05) is 65.7 Å². The topological polar surface area (TPSA) is 114 Å². The van der Waals surface area contributed by atoms with Crippen molar-refractivity contribution in [2.45, 2.75) is 5.92 Å². The molecule has 0 atom stereocenters. The summed E-state index contributed by atoms with van der Waals surface area (Å²) in [4.78, 5) is 70.3. The van der Waals surface area contributed by atoms with Crippen molar-refractivity contribution in [2.75, 3.05) is 32.8 Å². The second-order valence-corrected chi connectivity index (χ2v) is 9.45. The lowest BCUT2D eigenvalue weighted by Crippen LogP contribution is -2.54. The van der Waals surface area contributed by atoms with Crippen LogP contribution in [0.4, 0.5) is 4.79 Å². The van der Waals surface area contributed by atoms with Gasteiger partial charge in [-0.25, -0.2) is 9.59 Å². The average molecular weight is 526 g/mol. The fraction of sp³-hybridized carbons (Fsp3) is 0.207. The molecule has 0 spiro atoms. The predicted octanol–water partition coefficient (Wildman–Crippen LogP) is 2.83. The molecule has 3 aromatic carbocycles. The van der Waals surface area contributed by atoms with Crippen LogP contribution in [0.2, 0.25) is 0 Å². The zero-order valence-corrected chi connectivity index (χ0v) is 20.7. The largest absolute Gasteiger partial charge is 0.448 e. The summed E-state index contributed by atoms with van der Waals surface area (Å²) in [5, 5.41) is 0.407. The first kappa shape index (κ1) is 24.4. The van der Waals surface area contributed by atoms with E-state index in [1.165, 1.54) is 21.9 Å². The molecule has 39 heavy (non-hydrogen) atoms. The molecule has 10 heteroatoms. The summed E-state index contributed by atoms with van der Waals surface area (Å²) in [7, 11) is 0. The van der Waals surface area contributed by atoms with E-state index in [0.29, 0.717) is 5.06 Å². The van der Waals surface area contributed by atoms with Crippen LogP contribution in [0.25, 0.3) is 11.1 Å². The normalized spacial score (nSPS) is 16.2. The van der Waals surface area contributed by atoms with Crippen LogP contribution < -0.4 is 0 Å². The van der Waals surface area contributed by atoms with Gasteiger partial charge < -0.3 is 14.5 Å². The fourth-order valence-electron chi connectivity index (χ4n) is 5.25. The van der Waals surface area contributed by atoms with Gasteiger partial charge in [0.1, 0.15) is 19.7 Å². The molecule has 1 saturated heterocycles. The second-order valence-electron chi connectivity index (χ2n) is 9.45. The average Bonchev–Trinajstić information content (AvgIpc) is 3.40. The molecule has 0 radical (unpaired) electrons. The first-order valence-corrected chi connectivity index (χ1v) is 12.5. The number of hydroxylamine groups is 2. The van der Waals surface area contributed by atoms with Gasteiger partial charge in [-0.05, 0) is 34.4 Å². The van der Waals surface area contributed by atoms with E-state index < -0.39 is 36.3 Å². The first-order chi connectivity index (χ1) is 18.9. The Bertz CT molecular complexity index is 1450.